The fourth-order valence-electron chi connectivity index (χ4n) is 4.69. The fraction of sp³-hybridized carbons (Fsp3) is 0.333. The van der Waals surface area contributed by atoms with Crippen molar-refractivity contribution in [3.05, 3.63) is 76.1 Å². The van der Waals surface area contributed by atoms with E-state index in [4.69, 9.17) is 16.3 Å². The average molecular weight is 439 g/mol. The molecule has 160 valence electrons. The molecular formula is C24H24ClFN4O. The van der Waals surface area contributed by atoms with Crippen LogP contribution < -0.4 is 4.74 Å². The van der Waals surface area contributed by atoms with E-state index in [0.717, 1.165) is 65.8 Å². The maximum Gasteiger partial charge on any atom is 0.151 e. The number of benzene rings is 2. The lowest BCUT2D eigenvalue weighted by Gasteiger charge is -2.23. The molecule has 0 fully saturated rings. The number of aromatic nitrogens is 3. The highest BCUT2D eigenvalue weighted by Gasteiger charge is 2.28. The second-order valence-electron chi connectivity index (χ2n) is 8.30. The Hall–Kier alpha value is -2.70. The quantitative estimate of drug-likeness (QED) is 0.551. The van der Waals surface area contributed by atoms with E-state index in [-0.39, 0.29) is 11.7 Å². The second-order valence-corrected chi connectivity index (χ2v) is 8.74. The monoisotopic (exact) mass is 438 g/mol. The third-order valence-corrected chi connectivity index (χ3v) is 6.41. The third kappa shape index (κ3) is 3.75. The summed E-state index contributed by atoms with van der Waals surface area (Å²) in [7, 11) is 3.70. The number of fused-ring (bicyclic) bond motifs is 3. The Morgan fingerprint density at radius 3 is 2.77 bits per heavy atom. The van der Waals surface area contributed by atoms with Crippen molar-refractivity contribution in [3.63, 3.8) is 0 Å². The van der Waals surface area contributed by atoms with E-state index in [1.807, 2.05) is 12.1 Å². The van der Waals surface area contributed by atoms with Crippen molar-refractivity contribution >= 4 is 17.2 Å². The van der Waals surface area contributed by atoms with Gasteiger partial charge in [0.15, 0.2) is 5.82 Å². The highest BCUT2D eigenvalue weighted by molar-refractivity contribution is 6.30. The lowest BCUT2D eigenvalue weighted by atomic mass is 9.85. The molecule has 0 spiro atoms. The van der Waals surface area contributed by atoms with Crippen molar-refractivity contribution < 1.29 is 9.13 Å². The zero-order valence-corrected chi connectivity index (χ0v) is 18.4. The van der Waals surface area contributed by atoms with Gasteiger partial charge < -0.3 is 4.74 Å². The van der Waals surface area contributed by atoms with Gasteiger partial charge in [0.2, 0.25) is 0 Å². The molecular weight excluding hydrogens is 415 g/mol. The Morgan fingerprint density at radius 2 is 2.00 bits per heavy atom. The van der Waals surface area contributed by atoms with Gasteiger partial charge in [0.05, 0.1) is 19.3 Å². The van der Waals surface area contributed by atoms with Gasteiger partial charge in [-0.2, -0.15) is 0 Å². The molecule has 0 amide bonds. The molecule has 0 saturated heterocycles. The number of methoxy groups -OCH3 is 1. The molecule has 31 heavy (non-hydrogen) atoms. The van der Waals surface area contributed by atoms with Gasteiger partial charge in [0.1, 0.15) is 17.4 Å². The van der Waals surface area contributed by atoms with Crippen LogP contribution in [0.1, 0.15) is 48.0 Å². The van der Waals surface area contributed by atoms with Crippen LogP contribution in [0.5, 0.6) is 5.75 Å². The van der Waals surface area contributed by atoms with Crippen LogP contribution in [0.3, 0.4) is 0 Å². The standard InChI is InChI=1S/C24H24ClFN4O/c1-29-13-17-11-18(25)7-9-21(17)30-23(14-29)27-28-24(30)16-5-3-15(4-6-16)20-12-19(26)8-10-22(20)31-2/h3,7-12,16H,4-6,13-14H2,1-2H3. The summed E-state index contributed by atoms with van der Waals surface area (Å²) in [6, 6.07) is 10.7. The summed E-state index contributed by atoms with van der Waals surface area (Å²) < 4.78 is 21.5. The summed E-state index contributed by atoms with van der Waals surface area (Å²) in [5.41, 5.74) is 4.23. The Bertz CT molecular complexity index is 1170. The molecule has 2 aliphatic rings. The fourth-order valence-corrected chi connectivity index (χ4v) is 4.89. The smallest absolute Gasteiger partial charge is 0.151 e. The summed E-state index contributed by atoms with van der Waals surface area (Å²) in [5.74, 6) is 2.63. The highest BCUT2D eigenvalue weighted by Crippen LogP contribution is 2.40. The molecule has 3 aromatic rings. The van der Waals surface area contributed by atoms with Gasteiger partial charge in [-0.05, 0) is 73.8 Å². The largest absolute Gasteiger partial charge is 0.496 e. The van der Waals surface area contributed by atoms with Crippen LogP contribution in [0.4, 0.5) is 4.39 Å². The topological polar surface area (TPSA) is 43.2 Å². The average Bonchev–Trinajstić information content (AvgIpc) is 3.11. The minimum atomic E-state index is -0.249. The van der Waals surface area contributed by atoms with Crippen LogP contribution in [0, 0.1) is 5.82 Å². The molecule has 1 aliphatic heterocycles. The van der Waals surface area contributed by atoms with Gasteiger partial charge in [0, 0.05) is 23.0 Å². The first-order valence-electron chi connectivity index (χ1n) is 10.5. The van der Waals surface area contributed by atoms with E-state index < -0.39 is 0 Å². The molecule has 0 radical (unpaired) electrons. The Kier molecular flexibility index (Phi) is 5.28. The first-order valence-corrected chi connectivity index (χ1v) is 10.9. The van der Waals surface area contributed by atoms with E-state index in [1.54, 1.807) is 19.2 Å². The molecule has 1 aromatic heterocycles. The molecule has 1 aliphatic carbocycles. The van der Waals surface area contributed by atoms with Crippen LogP contribution in [-0.4, -0.2) is 33.8 Å². The van der Waals surface area contributed by atoms with Gasteiger partial charge in [-0.15, -0.1) is 10.2 Å². The Labute approximate surface area is 186 Å². The molecule has 2 heterocycles. The van der Waals surface area contributed by atoms with E-state index in [0.29, 0.717) is 5.75 Å². The summed E-state index contributed by atoms with van der Waals surface area (Å²) in [5, 5.41) is 9.87. The van der Waals surface area contributed by atoms with Crippen molar-refractivity contribution in [2.24, 2.45) is 0 Å². The predicted molar refractivity (Wildman–Crippen MR) is 119 cm³/mol. The van der Waals surface area contributed by atoms with Crippen molar-refractivity contribution in [1.29, 1.82) is 0 Å². The molecule has 7 heteroatoms. The first-order chi connectivity index (χ1) is 15.0. The summed E-state index contributed by atoms with van der Waals surface area (Å²) in [4.78, 5) is 2.22. The van der Waals surface area contributed by atoms with E-state index >= 15 is 0 Å². The number of ether oxygens (including phenoxy) is 1. The number of hydrogen-bond acceptors (Lipinski definition) is 4. The third-order valence-electron chi connectivity index (χ3n) is 6.17. The van der Waals surface area contributed by atoms with Gasteiger partial charge in [-0.1, -0.05) is 17.7 Å². The zero-order valence-electron chi connectivity index (χ0n) is 17.6. The van der Waals surface area contributed by atoms with Crippen LogP contribution in [0.15, 0.2) is 42.5 Å². The van der Waals surface area contributed by atoms with Crippen molar-refractivity contribution in [3.8, 4) is 11.4 Å². The van der Waals surface area contributed by atoms with Crippen molar-refractivity contribution in [2.45, 2.75) is 38.3 Å². The van der Waals surface area contributed by atoms with Crippen molar-refractivity contribution in [1.82, 2.24) is 19.7 Å². The van der Waals surface area contributed by atoms with Gasteiger partial charge in [-0.25, -0.2) is 4.39 Å². The van der Waals surface area contributed by atoms with Gasteiger partial charge in [0.25, 0.3) is 0 Å². The Balaban J connectivity index is 1.50. The lowest BCUT2D eigenvalue weighted by Crippen LogP contribution is -2.16. The molecule has 5 nitrogen and oxygen atoms in total. The maximum absolute atomic E-state index is 13.8. The summed E-state index contributed by atoms with van der Waals surface area (Å²) in [6.45, 7) is 1.54. The number of rotatable bonds is 3. The summed E-state index contributed by atoms with van der Waals surface area (Å²) >= 11 is 6.27. The molecule has 1 atom stereocenters. The predicted octanol–water partition coefficient (Wildman–Crippen LogP) is 5.36. The van der Waals surface area contributed by atoms with Crippen LogP contribution in [0.25, 0.3) is 11.3 Å². The van der Waals surface area contributed by atoms with Gasteiger partial charge >= 0.3 is 0 Å². The number of nitrogens with zero attached hydrogens (tertiary/aromatic N) is 4. The highest BCUT2D eigenvalue weighted by atomic mass is 35.5. The SMILES string of the molecule is COc1ccc(F)cc1C1=CCC(c2nnc3n2-c2ccc(Cl)cc2CN(C)C3)CC1. The number of halogens is 2. The molecule has 2 aromatic carbocycles. The van der Waals surface area contributed by atoms with Crippen LogP contribution >= 0.6 is 11.6 Å². The van der Waals surface area contributed by atoms with Gasteiger partial charge in [-0.3, -0.25) is 9.47 Å². The number of hydrogen-bond donors (Lipinski definition) is 0. The zero-order chi connectivity index (χ0) is 21.5. The molecule has 1 unspecified atom stereocenters. The van der Waals surface area contributed by atoms with Crippen LogP contribution in [-0.2, 0) is 13.1 Å². The molecule has 5 rings (SSSR count). The van der Waals surface area contributed by atoms with E-state index in [9.17, 15) is 4.39 Å². The minimum absolute atomic E-state index is 0.247. The lowest BCUT2D eigenvalue weighted by molar-refractivity contribution is 0.315. The molecule has 0 bridgehead atoms. The van der Waals surface area contributed by atoms with E-state index in [2.05, 4.69) is 38.9 Å². The first kappa shape index (κ1) is 20.2. The summed E-state index contributed by atoms with van der Waals surface area (Å²) in [6.07, 6.45) is 4.77. The Morgan fingerprint density at radius 1 is 1.13 bits per heavy atom. The van der Waals surface area contributed by atoms with E-state index in [1.165, 1.54) is 11.6 Å². The number of allylic oxidation sites excluding steroid dienone is 2. The molecule has 0 saturated carbocycles. The molecule has 0 N–H and O–H groups in total. The minimum Gasteiger partial charge on any atom is -0.496 e. The maximum atomic E-state index is 13.8. The van der Waals surface area contributed by atoms with Crippen molar-refractivity contribution in [2.75, 3.05) is 14.2 Å². The van der Waals surface area contributed by atoms with Crippen LogP contribution in [0.2, 0.25) is 5.02 Å². The normalized spacial score (nSPS) is 18.7. The second kappa shape index (κ2) is 8.09.